The fourth-order valence-electron chi connectivity index (χ4n) is 0.465. The molecule has 8 heavy (non-hydrogen) atoms. The van der Waals surface area contributed by atoms with Gasteiger partial charge in [0.25, 0.3) is 0 Å². The van der Waals surface area contributed by atoms with Gasteiger partial charge in [0.2, 0.25) is 0 Å². The van der Waals surface area contributed by atoms with E-state index in [-0.39, 0.29) is 0 Å². The van der Waals surface area contributed by atoms with E-state index in [1.54, 1.807) is 6.08 Å². The van der Waals surface area contributed by atoms with Gasteiger partial charge < -0.3 is 5.11 Å². The lowest BCUT2D eigenvalue weighted by Crippen LogP contribution is -1.89. The number of hydrogen-bond acceptors (Lipinski definition) is 1. The third-order valence-electron chi connectivity index (χ3n) is 0.859. The van der Waals surface area contributed by atoms with E-state index >= 15 is 0 Å². The molecule has 0 aromatic rings. The average molecular weight is 179 g/mol. The van der Waals surface area contributed by atoms with Crippen LogP contribution >= 0.6 is 15.9 Å². The van der Waals surface area contributed by atoms with Crippen LogP contribution in [0.25, 0.3) is 0 Å². The van der Waals surface area contributed by atoms with Gasteiger partial charge in [-0.2, -0.15) is 0 Å². The van der Waals surface area contributed by atoms with E-state index in [4.69, 9.17) is 5.11 Å². The third kappa shape index (κ3) is 4.19. The molecule has 1 unspecified atom stereocenters. The smallest absolute Gasteiger partial charge is 0.0762 e. The van der Waals surface area contributed by atoms with E-state index in [0.29, 0.717) is 4.83 Å². The van der Waals surface area contributed by atoms with Crippen LogP contribution in [0.15, 0.2) is 12.3 Å². The predicted octanol–water partition coefficient (Wildman–Crippen LogP) is 2.62. The molecule has 0 saturated heterocycles. The molecule has 1 atom stereocenters. The Kier molecular flexibility index (Phi) is 5.18. The van der Waals surface area contributed by atoms with Gasteiger partial charge in [-0.05, 0) is 12.5 Å². The maximum Gasteiger partial charge on any atom is 0.0762 e. The number of alkyl halides is 1. The molecule has 0 rings (SSSR count). The fourth-order valence-corrected chi connectivity index (χ4v) is 1.06. The van der Waals surface area contributed by atoms with Gasteiger partial charge in [0.1, 0.15) is 0 Å². The Morgan fingerprint density at radius 1 is 1.75 bits per heavy atom. The van der Waals surface area contributed by atoms with Crippen molar-refractivity contribution in [3.63, 3.8) is 0 Å². The topological polar surface area (TPSA) is 20.2 Å². The van der Waals surface area contributed by atoms with Crippen molar-refractivity contribution in [3.05, 3.63) is 12.3 Å². The summed E-state index contributed by atoms with van der Waals surface area (Å²) in [6.07, 6.45) is 5.02. The Hall–Kier alpha value is 0.0200. The van der Waals surface area contributed by atoms with Crippen LogP contribution in [-0.2, 0) is 0 Å². The molecule has 0 aliphatic carbocycles. The van der Waals surface area contributed by atoms with Gasteiger partial charge in [-0.3, -0.25) is 0 Å². The van der Waals surface area contributed by atoms with Gasteiger partial charge >= 0.3 is 0 Å². The minimum Gasteiger partial charge on any atom is -0.516 e. The van der Waals surface area contributed by atoms with Crippen LogP contribution in [0.5, 0.6) is 0 Å². The van der Waals surface area contributed by atoms with Crippen molar-refractivity contribution in [2.24, 2.45) is 0 Å². The maximum absolute atomic E-state index is 8.25. The van der Waals surface area contributed by atoms with Gasteiger partial charge in [-0.15, -0.1) is 0 Å². The van der Waals surface area contributed by atoms with Gasteiger partial charge in [0.05, 0.1) is 6.26 Å². The first-order valence-electron chi connectivity index (χ1n) is 2.76. The van der Waals surface area contributed by atoms with Gasteiger partial charge in [0, 0.05) is 4.83 Å². The first-order valence-corrected chi connectivity index (χ1v) is 3.67. The van der Waals surface area contributed by atoms with E-state index in [1.807, 2.05) is 0 Å². The zero-order valence-corrected chi connectivity index (χ0v) is 6.56. The summed E-state index contributed by atoms with van der Waals surface area (Å²) in [6.45, 7) is 2.11. The van der Waals surface area contributed by atoms with Crippen LogP contribution in [0.4, 0.5) is 0 Å². The van der Waals surface area contributed by atoms with E-state index in [1.165, 1.54) is 0 Å². The Morgan fingerprint density at radius 2 is 2.38 bits per heavy atom. The van der Waals surface area contributed by atoms with Gasteiger partial charge in [0.15, 0.2) is 0 Å². The molecular weight excluding hydrogens is 168 g/mol. The summed E-state index contributed by atoms with van der Waals surface area (Å²) in [5, 5.41) is 8.25. The van der Waals surface area contributed by atoms with Crippen LogP contribution in [0.1, 0.15) is 19.8 Å². The molecule has 0 aliphatic heterocycles. The van der Waals surface area contributed by atoms with Crippen molar-refractivity contribution >= 4 is 15.9 Å². The Bertz CT molecular complexity index is 70.9. The van der Waals surface area contributed by atoms with E-state index in [0.717, 1.165) is 19.1 Å². The molecule has 1 nitrogen and oxygen atoms in total. The second kappa shape index (κ2) is 5.16. The molecule has 0 radical (unpaired) electrons. The third-order valence-corrected chi connectivity index (χ3v) is 1.62. The summed E-state index contributed by atoms with van der Waals surface area (Å²) in [5.74, 6) is 0. The summed E-state index contributed by atoms with van der Waals surface area (Å²) in [7, 11) is 0. The zero-order valence-electron chi connectivity index (χ0n) is 4.97. The molecule has 0 aliphatic rings. The lowest BCUT2D eigenvalue weighted by Gasteiger charge is -1.96. The molecule has 0 saturated carbocycles. The van der Waals surface area contributed by atoms with Crippen molar-refractivity contribution in [2.45, 2.75) is 24.6 Å². The summed E-state index contributed by atoms with van der Waals surface area (Å²) >= 11 is 3.35. The highest BCUT2D eigenvalue weighted by molar-refractivity contribution is 9.09. The number of aliphatic hydroxyl groups is 1. The second-order valence-electron chi connectivity index (χ2n) is 1.65. The van der Waals surface area contributed by atoms with E-state index in [2.05, 4.69) is 22.9 Å². The maximum atomic E-state index is 8.25. The first kappa shape index (κ1) is 8.02. The number of hydrogen-bond donors (Lipinski definition) is 1. The van der Waals surface area contributed by atoms with E-state index < -0.39 is 0 Å². The molecule has 48 valence electrons. The average Bonchev–Trinajstić information content (AvgIpc) is 1.68. The molecule has 0 amide bonds. The summed E-state index contributed by atoms with van der Waals surface area (Å²) in [4.78, 5) is 0.345. The standard InChI is InChI=1S/C6H11BrO/c1-2-3-6(7)4-5-8/h4-6,8H,2-3H2,1H3/b5-4+. The number of halogens is 1. The molecule has 0 aromatic heterocycles. The van der Waals surface area contributed by atoms with Crippen molar-refractivity contribution in [1.82, 2.24) is 0 Å². The fraction of sp³-hybridized carbons (Fsp3) is 0.667. The molecule has 1 N–H and O–H groups in total. The first-order chi connectivity index (χ1) is 3.81. The summed E-state index contributed by atoms with van der Waals surface area (Å²) in [5.41, 5.74) is 0. The SMILES string of the molecule is CCCC(Br)/C=C/O. The van der Waals surface area contributed by atoms with Gasteiger partial charge in [-0.25, -0.2) is 0 Å². The highest BCUT2D eigenvalue weighted by Crippen LogP contribution is 2.07. The predicted molar refractivity (Wildman–Crippen MR) is 39.4 cm³/mol. The highest BCUT2D eigenvalue weighted by atomic mass is 79.9. The molecule has 0 spiro atoms. The number of allylic oxidation sites excluding steroid dienone is 1. The minimum absolute atomic E-state index is 0.345. The minimum atomic E-state index is 0.345. The Labute approximate surface area is 58.5 Å². The largest absolute Gasteiger partial charge is 0.516 e. The molecule has 2 heteroatoms. The van der Waals surface area contributed by atoms with Crippen LogP contribution < -0.4 is 0 Å². The van der Waals surface area contributed by atoms with Crippen LogP contribution in [-0.4, -0.2) is 9.93 Å². The molecule has 0 bridgehead atoms. The van der Waals surface area contributed by atoms with Crippen molar-refractivity contribution in [3.8, 4) is 0 Å². The quantitative estimate of drug-likeness (QED) is 0.521. The zero-order chi connectivity index (χ0) is 6.41. The molecule has 0 heterocycles. The van der Waals surface area contributed by atoms with Crippen LogP contribution in [0, 0.1) is 0 Å². The second-order valence-corrected chi connectivity index (χ2v) is 2.82. The molecule has 0 fully saturated rings. The lowest BCUT2D eigenvalue weighted by molar-refractivity contribution is 0.470. The number of aliphatic hydroxyl groups excluding tert-OH is 1. The summed E-state index contributed by atoms with van der Waals surface area (Å²) < 4.78 is 0. The van der Waals surface area contributed by atoms with Crippen molar-refractivity contribution in [2.75, 3.05) is 0 Å². The number of rotatable bonds is 3. The Morgan fingerprint density at radius 3 is 2.75 bits per heavy atom. The van der Waals surface area contributed by atoms with Crippen molar-refractivity contribution < 1.29 is 5.11 Å². The lowest BCUT2D eigenvalue weighted by atomic mass is 10.2. The normalized spacial score (nSPS) is 14.8. The highest BCUT2D eigenvalue weighted by Gasteiger charge is 1.93. The van der Waals surface area contributed by atoms with Crippen molar-refractivity contribution in [1.29, 1.82) is 0 Å². The molecular formula is C6H11BrO. The van der Waals surface area contributed by atoms with Crippen LogP contribution in [0.2, 0.25) is 0 Å². The van der Waals surface area contributed by atoms with Gasteiger partial charge in [-0.1, -0.05) is 29.3 Å². The monoisotopic (exact) mass is 178 g/mol. The molecule has 0 aromatic carbocycles. The van der Waals surface area contributed by atoms with Crippen LogP contribution in [0.3, 0.4) is 0 Å². The Balaban J connectivity index is 3.17. The van der Waals surface area contributed by atoms with E-state index in [9.17, 15) is 0 Å². The summed E-state index contributed by atoms with van der Waals surface area (Å²) in [6, 6.07) is 0.